The van der Waals surface area contributed by atoms with Crippen molar-refractivity contribution in [2.45, 2.75) is 44.7 Å². The molecule has 35 heavy (non-hydrogen) atoms. The Morgan fingerprint density at radius 2 is 1.89 bits per heavy atom. The summed E-state index contributed by atoms with van der Waals surface area (Å²) in [5.74, 6) is 0.0361. The first kappa shape index (κ1) is 22.6. The fourth-order valence-electron chi connectivity index (χ4n) is 4.66. The Bertz CT molecular complexity index is 1270. The largest absolute Gasteiger partial charge is 0.467 e. The van der Waals surface area contributed by atoms with Gasteiger partial charge >= 0.3 is 0 Å². The monoisotopic (exact) mass is 470 g/mol. The fraction of sp³-hybridized carbons (Fsp3) is 0.259. The summed E-state index contributed by atoms with van der Waals surface area (Å²) in [6.45, 7) is 0.367. The van der Waals surface area contributed by atoms with Crippen molar-refractivity contribution in [3.05, 3.63) is 89.8 Å². The number of hydrogen-bond acceptors (Lipinski definition) is 6. The van der Waals surface area contributed by atoms with Crippen LogP contribution in [0.15, 0.2) is 82.9 Å². The molecule has 0 spiro atoms. The molecule has 8 nitrogen and oxygen atoms in total. The number of ketones is 1. The lowest BCUT2D eigenvalue weighted by molar-refractivity contribution is -0.125. The van der Waals surface area contributed by atoms with E-state index >= 15 is 0 Å². The molecule has 2 amide bonds. The number of anilines is 2. The van der Waals surface area contributed by atoms with Crippen LogP contribution in [0.1, 0.15) is 49.5 Å². The van der Waals surface area contributed by atoms with Crippen LogP contribution in [0.25, 0.3) is 0 Å². The highest BCUT2D eigenvalue weighted by Gasteiger charge is 2.40. The van der Waals surface area contributed by atoms with Crippen LogP contribution in [0.5, 0.6) is 0 Å². The van der Waals surface area contributed by atoms with E-state index in [1.807, 2.05) is 36.4 Å². The van der Waals surface area contributed by atoms with Crippen molar-refractivity contribution >= 4 is 29.0 Å². The molecule has 3 heterocycles. The molecular formula is C27H26N4O4. The van der Waals surface area contributed by atoms with Gasteiger partial charge in [0.1, 0.15) is 11.8 Å². The molecule has 0 unspecified atom stereocenters. The van der Waals surface area contributed by atoms with Gasteiger partial charge in [0.2, 0.25) is 11.8 Å². The minimum atomic E-state index is -0.698. The molecule has 2 aliphatic rings. The average molecular weight is 471 g/mol. The lowest BCUT2D eigenvalue weighted by Crippen LogP contribution is -2.38. The van der Waals surface area contributed by atoms with Gasteiger partial charge < -0.3 is 15.1 Å². The Morgan fingerprint density at radius 3 is 2.69 bits per heavy atom. The van der Waals surface area contributed by atoms with Crippen LogP contribution >= 0.6 is 0 Å². The first-order chi connectivity index (χ1) is 17.1. The standard InChI is InChI=1S/C27H26N4O4/c32-22-8-3-6-20-26(22)27(23-9-4-16-35-23)31(21-7-2-1-5-19(21)30-20)25(34)11-10-24(33)29-17-18-12-14-28-15-13-18/h1-2,4-5,7,9,12-16,27,30H,3,6,8,10-11,17H2,(H,29,33)/t27-/m1/s1. The van der Waals surface area contributed by atoms with E-state index in [4.69, 9.17) is 4.42 Å². The number of benzene rings is 1. The Labute approximate surface area is 203 Å². The predicted molar refractivity (Wildman–Crippen MR) is 130 cm³/mol. The number of hydrogen-bond donors (Lipinski definition) is 2. The second-order valence-electron chi connectivity index (χ2n) is 8.62. The zero-order chi connectivity index (χ0) is 24.2. The summed E-state index contributed by atoms with van der Waals surface area (Å²) in [6.07, 6.45) is 6.79. The van der Waals surface area contributed by atoms with Gasteiger partial charge in [0.05, 0.1) is 17.6 Å². The van der Waals surface area contributed by atoms with Crippen LogP contribution in [0.4, 0.5) is 11.4 Å². The fourth-order valence-corrected chi connectivity index (χ4v) is 4.66. The summed E-state index contributed by atoms with van der Waals surface area (Å²) in [5.41, 5.74) is 3.70. The van der Waals surface area contributed by atoms with E-state index < -0.39 is 6.04 Å². The van der Waals surface area contributed by atoms with E-state index in [9.17, 15) is 14.4 Å². The maximum atomic E-state index is 13.7. The highest BCUT2D eigenvalue weighted by molar-refractivity contribution is 6.06. The first-order valence-electron chi connectivity index (χ1n) is 11.7. The Balaban J connectivity index is 1.43. The second kappa shape index (κ2) is 9.97. The molecule has 0 radical (unpaired) electrons. The van der Waals surface area contributed by atoms with Crippen LogP contribution in [-0.2, 0) is 20.9 Å². The van der Waals surface area contributed by atoms with Crippen molar-refractivity contribution < 1.29 is 18.8 Å². The van der Waals surface area contributed by atoms with Crippen LogP contribution in [-0.4, -0.2) is 22.6 Å². The summed E-state index contributed by atoms with van der Waals surface area (Å²) in [6, 6.07) is 14.0. The molecule has 2 N–H and O–H groups in total. The maximum absolute atomic E-state index is 13.7. The summed E-state index contributed by atoms with van der Waals surface area (Å²) >= 11 is 0. The molecule has 1 aliphatic carbocycles. The molecule has 5 rings (SSSR count). The minimum absolute atomic E-state index is 0.000787. The van der Waals surface area contributed by atoms with Crippen molar-refractivity contribution in [3.63, 3.8) is 0 Å². The molecule has 2 aromatic heterocycles. The third kappa shape index (κ3) is 4.73. The predicted octanol–water partition coefficient (Wildman–Crippen LogP) is 4.28. The Kier molecular flexibility index (Phi) is 6.43. The summed E-state index contributed by atoms with van der Waals surface area (Å²) in [4.78, 5) is 45.0. The van der Waals surface area contributed by atoms with Gasteiger partial charge in [-0.2, -0.15) is 0 Å². The third-order valence-corrected chi connectivity index (χ3v) is 6.32. The normalized spacial score (nSPS) is 17.2. The zero-order valence-electron chi connectivity index (χ0n) is 19.2. The Morgan fingerprint density at radius 1 is 1.06 bits per heavy atom. The molecule has 0 bridgehead atoms. The van der Waals surface area contributed by atoms with E-state index in [1.165, 1.54) is 0 Å². The number of nitrogens with one attached hydrogen (secondary N) is 2. The van der Waals surface area contributed by atoms with Gasteiger partial charge in [-0.3, -0.25) is 24.3 Å². The highest BCUT2D eigenvalue weighted by Crippen LogP contribution is 2.45. The van der Waals surface area contributed by atoms with Gasteiger partial charge in [0.25, 0.3) is 0 Å². The van der Waals surface area contributed by atoms with Crippen LogP contribution in [0.2, 0.25) is 0 Å². The molecule has 1 atom stereocenters. The van der Waals surface area contributed by atoms with Crippen molar-refractivity contribution in [1.29, 1.82) is 0 Å². The van der Waals surface area contributed by atoms with Crippen LogP contribution < -0.4 is 15.5 Å². The number of furan rings is 1. The van der Waals surface area contributed by atoms with E-state index in [-0.39, 0.29) is 30.4 Å². The molecule has 1 aliphatic heterocycles. The third-order valence-electron chi connectivity index (χ3n) is 6.32. The van der Waals surface area contributed by atoms with Gasteiger partial charge in [0, 0.05) is 49.5 Å². The topological polar surface area (TPSA) is 105 Å². The minimum Gasteiger partial charge on any atom is -0.467 e. The van der Waals surface area contributed by atoms with E-state index in [2.05, 4.69) is 15.6 Å². The van der Waals surface area contributed by atoms with Gasteiger partial charge in [-0.15, -0.1) is 0 Å². The number of allylic oxidation sites excluding steroid dienone is 1. The summed E-state index contributed by atoms with van der Waals surface area (Å²) in [5, 5.41) is 6.26. The smallest absolute Gasteiger partial charge is 0.228 e. The van der Waals surface area contributed by atoms with Crippen LogP contribution in [0, 0.1) is 0 Å². The van der Waals surface area contributed by atoms with E-state index in [0.717, 1.165) is 23.4 Å². The highest BCUT2D eigenvalue weighted by atomic mass is 16.3. The summed E-state index contributed by atoms with van der Waals surface area (Å²) < 4.78 is 5.74. The molecular weight excluding hydrogens is 444 g/mol. The number of carbonyl (C=O) groups excluding carboxylic acids is 3. The van der Waals surface area contributed by atoms with Gasteiger partial charge in [-0.25, -0.2) is 0 Å². The number of amides is 2. The van der Waals surface area contributed by atoms with Gasteiger partial charge in [0.15, 0.2) is 5.78 Å². The lowest BCUT2D eigenvalue weighted by atomic mass is 9.88. The molecule has 0 saturated carbocycles. The Hall–Kier alpha value is -4.20. The SMILES string of the molecule is O=C(CCC(=O)N1c2ccccc2NC2=C(C(=O)CCC2)[C@H]1c1ccco1)NCc1ccncc1. The maximum Gasteiger partial charge on any atom is 0.228 e. The molecule has 0 saturated heterocycles. The second-order valence-corrected chi connectivity index (χ2v) is 8.62. The summed E-state index contributed by atoms with van der Waals surface area (Å²) in [7, 11) is 0. The van der Waals surface area contributed by atoms with Crippen molar-refractivity contribution in [2.24, 2.45) is 0 Å². The van der Waals surface area contributed by atoms with Crippen LogP contribution in [0.3, 0.4) is 0 Å². The first-order valence-corrected chi connectivity index (χ1v) is 11.7. The van der Waals surface area contributed by atoms with Crippen molar-refractivity contribution in [3.8, 4) is 0 Å². The molecule has 8 heteroatoms. The molecule has 1 aromatic carbocycles. The molecule has 0 fully saturated rings. The number of aromatic nitrogens is 1. The number of rotatable bonds is 6. The lowest BCUT2D eigenvalue weighted by Gasteiger charge is -2.32. The average Bonchev–Trinajstić information content (AvgIpc) is 3.36. The zero-order valence-corrected chi connectivity index (χ0v) is 19.2. The van der Waals surface area contributed by atoms with Gasteiger partial charge in [-0.1, -0.05) is 12.1 Å². The number of fused-ring (bicyclic) bond motifs is 1. The molecule has 178 valence electrons. The van der Waals surface area contributed by atoms with Gasteiger partial charge in [-0.05, 0) is 54.8 Å². The van der Waals surface area contributed by atoms with E-state index in [1.54, 1.807) is 35.7 Å². The number of carbonyl (C=O) groups is 3. The van der Waals surface area contributed by atoms with Crippen molar-refractivity contribution in [2.75, 3.05) is 10.2 Å². The quantitative estimate of drug-likeness (QED) is 0.557. The number of pyridine rings is 1. The van der Waals surface area contributed by atoms with Crippen molar-refractivity contribution in [1.82, 2.24) is 10.3 Å². The van der Waals surface area contributed by atoms with E-state index in [0.29, 0.717) is 36.4 Å². The number of Topliss-reactive ketones (excluding diaryl/α,β-unsaturated/α-hetero) is 1. The molecule has 3 aromatic rings. The number of para-hydroxylation sites is 2. The number of nitrogens with zero attached hydrogens (tertiary/aromatic N) is 2.